The molecule has 8 N–H and O–H groups in total. The molecule has 2 atom stereocenters. The summed E-state index contributed by atoms with van der Waals surface area (Å²) in [5.74, 6) is -0.681. The van der Waals surface area contributed by atoms with Crippen LogP contribution in [0.25, 0.3) is 0 Å². The Hall–Kier alpha value is -1.28. The minimum Gasteiger partial charge on any atom is -0.379 e. The van der Waals surface area contributed by atoms with E-state index in [1.54, 1.807) is 0 Å². The van der Waals surface area contributed by atoms with E-state index in [2.05, 4.69) is 5.32 Å². The molecule has 7 nitrogen and oxygen atoms in total. The molecule has 0 spiro atoms. The monoisotopic (exact) mass is 275 g/mol. The number of carbonyl (C=O) groups excluding carboxylic acids is 2. The van der Waals surface area contributed by atoms with Gasteiger partial charge in [-0.3, -0.25) is 15.0 Å². The van der Waals surface area contributed by atoms with E-state index in [-0.39, 0.29) is 16.8 Å². The van der Waals surface area contributed by atoms with E-state index in [4.69, 9.17) is 22.6 Å². The fourth-order valence-electron chi connectivity index (χ4n) is 1.26. The second-order valence-electron chi connectivity index (χ2n) is 4.37. The number of carbonyl (C=O) groups is 2. The molecule has 8 heteroatoms. The molecule has 0 unspecified atom stereocenters. The maximum Gasteiger partial charge on any atom is 0.240 e. The van der Waals surface area contributed by atoms with Crippen molar-refractivity contribution in [1.82, 2.24) is 5.32 Å². The van der Waals surface area contributed by atoms with Gasteiger partial charge in [0, 0.05) is 5.75 Å². The molecule has 2 amide bonds. The molecular weight excluding hydrogens is 254 g/mol. The predicted octanol–water partition coefficient (Wildman–Crippen LogP) is -1.04. The van der Waals surface area contributed by atoms with E-state index in [9.17, 15) is 9.59 Å². The van der Waals surface area contributed by atoms with Gasteiger partial charge in [0.2, 0.25) is 11.8 Å². The number of hydrogen-bond donors (Lipinski definition) is 5. The number of amides is 2. The topological polar surface area (TPSA) is 148 Å². The Balaban J connectivity index is 4.35. The number of rotatable bonds is 7. The predicted molar refractivity (Wildman–Crippen MR) is 72.9 cm³/mol. The first-order valence-corrected chi connectivity index (χ1v) is 6.54. The average molecular weight is 275 g/mol. The summed E-state index contributed by atoms with van der Waals surface area (Å²) in [6.07, 6.45) is 0.525. The highest BCUT2D eigenvalue weighted by molar-refractivity contribution is 8.13. The lowest BCUT2D eigenvalue weighted by Crippen LogP contribution is -2.52. The molecule has 0 bridgehead atoms. The van der Waals surface area contributed by atoms with Gasteiger partial charge >= 0.3 is 0 Å². The highest BCUT2D eigenvalue weighted by atomic mass is 32.2. The van der Waals surface area contributed by atoms with Crippen molar-refractivity contribution in [2.75, 3.05) is 5.75 Å². The summed E-state index contributed by atoms with van der Waals surface area (Å²) in [4.78, 5) is 22.8. The summed E-state index contributed by atoms with van der Waals surface area (Å²) in [6, 6.07) is -1.54. The number of hydrogen-bond acceptors (Lipinski definition) is 5. The van der Waals surface area contributed by atoms with Crippen LogP contribution in [0.3, 0.4) is 0 Å². The number of nitrogens with two attached hydrogens (primary N) is 3. The quantitative estimate of drug-likeness (QED) is 0.297. The summed E-state index contributed by atoms with van der Waals surface area (Å²) in [7, 11) is 0. The van der Waals surface area contributed by atoms with Crippen LogP contribution in [-0.4, -0.2) is 34.8 Å². The third-order valence-electron chi connectivity index (χ3n) is 2.13. The lowest BCUT2D eigenvalue weighted by atomic mass is 10.0. The Kier molecular flexibility index (Phi) is 7.37. The number of thioether (sulfide) groups is 1. The molecule has 104 valence electrons. The van der Waals surface area contributed by atoms with Gasteiger partial charge in [-0.15, -0.1) is 0 Å². The summed E-state index contributed by atoms with van der Waals surface area (Å²) >= 11 is 0.940. The molecule has 0 fully saturated rings. The highest BCUT2D eigenvalue weighted by Crippen LogP contribution is 2.05. The number of amidine groups is 1. The van der Waals surface area contributed by atoms with E-state index in [0.29, 0.717) is 6.42 Å². The van der Waals surface area contributed by atoms with E-state index in [1.807, 2.05) is 13.8 Å². The van der Waals surface area contributed by atoms with Crippen molar-refractivity contribution in [2.24, 2.45) is 23.1 Å². The van der Waals surface area contributed by atoms with E-state index < -0.39 is 23.9 Å². The van der Waals surface area contributed by atoms with Crippen molar-refractivity contribution < 1.29 is 9.59 Å². The molecule has 0 aliphatic heterocycles. The van der Waals surface area contributed by atoms with Crippen molar-refractivity contribution in [1.29, 1.82) is 5.41 Å². The Morgan fingerprint density at radius 2 is 1.89 bits per heavy atom. The molecule has 18 heavy (non-hydrogen) atoms. The minimum atomic E-state index is -0.871. The van der Waals surface area contributed by atoms with Gasteiger partial charge in [-0.25, -0.2) is 0 Å². The molecule has 0 heterocycles. The third kappa shape index (κ3) is 7.13. The van der Waals surface area contributed by atoms with Crippen LogP contribution in [0.1, 0.15) is 20.3 Å². The third-order valence-corrected chi connectivity index (χ3v) is 2.94. The van der Waals surface area contributed by atoms with E-state index in [1.165, 1.54) is 0 Å². The fraction of sp³-hybridized carbons (Fsp3) is 0.700. The summed E-state index contributed by atoms with van der Waals surface area (Å²) < 4.78 is 0. The maximum absolute atomic E-state index is 11.7. The van der Waals surface area contributed by atoms with Gasteiger partial charge in [-0.2, -0.15) is 0 Å². The van der Waals surface area contributed by atoms with Gasteiger partial charge in [-0.05, 0) is 12.3 Å². The first-order chi connectivity index (χ1) is 8.23. The smallest absolute Gasteiger partial charge is 0.240 e. The van der Waals surface area contributed by atoms with Crippen molar-refractivity contribution >= 4 is 28.7 Å². The highest BCUT2D eigenvalue weighted by Gasteiger charge is 2.22. The van der Waals surface area contributed by atoms with Crippen LogP contribution in [0.15, 0.2) is 0 Å². The normalized spacial score (nSPS) is 14.0. The molecule has 0 aliphatic rings. The van der Waals surface area contributed by atoms with Crippen molar-refractivity contribution in [3.05, 3.63) is 0 Å². The van der Waals surface area contributed by atoms with Crippen LogP contribution < -0.4 is 22.5 Å². The van der Waals surface area contributed by atoms with Gasteiger partial charge in [0.1, 0.15) is 6.04 Å². The van der Waals surface area contributed by atoms with Crippen molar-refractivity contribution in [3.63, 3.8) is 0 Å². The van der Waals surface area contributed by atoms with Crippen molar-refractivity contribution in [2.45, 2.75) is 32.4 Å². The van der Waals surface area contributed by atoms with Crippen LogP contribution >= 0.6 is 11.8 Å². The molecule has 0 aromatic heterocycles. The molecule has 0 aromatic carbocycles. The molecule has 0 aromatic rings. The molecule has 0 radical (unpaired) electrons. The molecule has 0 aliphatic carbocycles. The second kappa shape index (κ2) is 7.93. The van der Waals surface area contributed by atoms with Gasteiger partial charge in [0.15, 0.2) is 5.17 Å². The number of primary amides is 1. The second-order valence-corrected chi connectivity index (χ2v) is 5.44. The van der Waals surface area contributed by atoms with Gasteiger partial charge in [0.25, 0.3) is 0 Å². The number of nitrogens with one attached hydrogen (secondary N) is 2. The summed E-state index contributed by atoms with van der Waals surface area (Å²) in [5.41, 5.74) is 16.0. The van der Waals surface area contributed by atoms with Crippen LogP contribution in [-0.2, 0) is 9.59 Å². The first-order valence-electron chi connectivity index (χ1n) is 5.56. The van der Waals surface area contributed by atoms with Gasteiger partial charge in [0.05, 0.1) is 6.04 Å². The zero-order chi connectivity index (χ0) is 14.3. The lowest BCUT2D eigenvalue weighted by Gasteiger charge is -2.19. The molecule has 0 saturated carbocycles. The average Bonchev–Trinajstić information content (AvgIpc) is 2.21. The molecular formula is C10H21N5O2S. The SMILES string of the molecule is CC(C)C[C@H](N)C(=O)N[C@@H](CSC(=N)N)C(N)=O. The lowest BCUT2D eigenvalue weighted by molar-refractivity contribution is -0.127. The van der Waals surface area contributed by atoms with Crippen molar-refractivity contribution in [3.8, 4) is 0 Å². The van der Waals surface area contributed by atoms with Gasteiger partial charge < -0.3 is 22.5 Å². The minimum absolute atomic E-state index is 0.130. The van der Waals surface area contributed by atoms with Crippen LogP contribution in [0.5, 0.6) is 0 Å². The zero-order valence-electron chi connectivity index (χ0n) is 10.6. The fourth-order valence-corrected chi connectivity index (χ4v) is 1.86. The van der Waals surface area contributed by atoms with Crippen LogP contribution in [0.2, 0.25) is 0 Å². The zero-order valence-corrected chi connectivity index (χ0v) is 11.4. The molecule has 0 saturated heterocycles. The maximum atomic E-state index is 11.7. The standard InChI is InChI=1S/C10H21N5O2S/c1-5(2)3-6(11)9(17)15-7(8(12)16)4-18-10(13)14/h5-7H,3-4,11H2,1-2H3,(H2,12,16)(H3,13,14)(H,15,17)/t6-,7-/m0/s1. The Labute approximate surface area is 111 Å². The summed E-state index contributed by atoms with van der Waals surface area (Å²) in [6.45, 7) is 3.90. The van der Waals surface area contributed by atoms with Crippen LogP contribution in [0, 0.1) is 11.3 Å². The Bertz CT molecular complexity index is 321. The largest absolute Gasteiger partial charge is 0.379 e. The Morgan fingerprint density at radius 3 is 2.28 bits per heavy atom. The van der Waals surface area contributed by atoms with Crippen LogP contribution in [0.4, 0.5) is 0 Å². The molecule has 0 rings (SSSR count). The van der Waals surface area contributed by atoms with Gasteiger partial charge in [-0.1, -0.05) is 25.6 Å². The Morgan fingerprint density at radius 1 is 1.33 bits per heavy atom. The first kappa shape index (κ1) is 16.7. The van der Waals surface area contributed by atoms with E-state index in [0.717, 1.165) is 11.8 Å². The summed E-state index contributed by atoms with van der Waals surface area (Å²) in [5, 5.41) is 9.37. The van der Waals surface area contributed by atoms with E-state index >= 15 is 0 Å².